The van der Waals surface area contributed by atoms with Crippen LogP contribution in [-0.2, 0) is 0 Å². The molecule has 0 aliphatic heterocycles. The van der Waals surface area contributed by atoms with Gasteiger partial charge in [-0.2, -0.15) is 0 Å². The van der Waals surface area contributed by atoms with E-state index in [2.05, 4.69) is 5.18 Å². The Morgan fingerprint density at radius 1 is 1.25 bits per heavy atom. The maximum absolute atomic E-state index is 10.5. The Morgan fingerprint density at radius 2 is 1.83 bits per heavy atom. The summed E-state index contributed by atoms with van der Waals surface area (Å²) in [6.07, 6.45) is 0.642. The number of carbonyl (C=O) groups is 1. The third-order valence-corrected chi connectivity index (χ3v) is 1.87. The summed E-state index contributed by atoms with van der Waals surface area (Å²) in [5.41, 5.74) is 2.53. The summed E-state index contributed by atoms with van der Waals surface area (Å²) >= 11 is 0. The van der Waals surface area contributed by atoms with Crippen molar-refractivity contribution in [3.05, 3.63) is 33.7 Å². The number of nitrogens with zero attached hydrogens (tertiary/aromatic N) is 1. The first-order valence-corrected chi connectivity index (χ1v) is 3.59. The van der Waals surface area contributed by atoms with E-state index in [0.717, 1.165) is 11.1 Å². The maximum atomic E-state index is 10.5. The van der Waals surface area contributed by atoms with E-state index in [1.807, 2.05) is 13.8 Å². The number of carbonyl (C=O) groups excluding carboxylic acids is 1. The number of rotatable bonds is 2. The summed E-state index contributed by atoms with van der Waals surface area (Å²) in [7, 11) is 0. The number of aldehydes is 1. The molecule has 0 N–H and O–H groups in total. The van der Waals surface area contributed by atoms with Crippen molar-refractivity contribution in [2.24, 2.45) is 5.18 Å². The monoisotopic (exact) mass is 163 g/mol. The van der Waals surface area contributed by atoms with Crippen LogP contribution >= 0.6 is 0 Å². The van der Waals surface area contributed by atoms with E-state index >= 15 is 0 Å². The van der Waals surface area contributed by atoms with Crippen LogP contribution in [0.2, 0.25) is 0 Å². The Kier molecular flexibility index (Phi) is 2.33. The molecule has 0 aliphatic carbocycles. The molecule has 0 aliphatic rings. The van der Waals surface area contributed by atoms with Crippen LogP contribution in [0.5, 0.6) is 0 Å². The highest BCUT2D eigenvalue weighted by atomic mass is 16.3. The van der Waals surface area contributed by atoms with Crippen molar-refractivity contribution in [2.75, 3.05) is 0 Å². The van der Waals surface area contributed by atoms with Crippen LogP contribution in [-0.4, -0.2) is 6.29 Å². The summed E-state index contributed by atoms with van der Waals surface area (Å²) in [6.45, 7) is 3.76. The Balaban J connectivity index is 3.37. The first-order chi connectivity index (χ1) is 5.69. The first kappa shape index (κ1) is 8.59. The minimum Gasteiger partial charge on any atom is -0.298 e. The van der Waals surface area contributed by atoms with Gasteiger partial charge in [0, 0.05) is 5.56 Å². The third-order valence-electron chi connectivity index (χ3n) is 1.87. The second-order valence-electron chi connectivity index (χ2n) is 2.70. The predicted octanol–water partition coefficient (Wildman–Crippen LogP) is 2.51. The van der Waals surface area contributed by atoms with E-state index in [1.54, 1.807) is 12.1 Å². The number of aryl methyl sites for hydroxylation is 2. The van der Waals surface area contributed by atoms with Crippen molar-refractivity contribution >= 4 is 12.0 Å². The summed E-state index contributed by atoms with van der Waals surface area (Å²) < 4.78 is 0. The van der Waals surface area contributed by atoms with Gasteiger partial charge in [-0.25, -0.2) is 0 Å². The van der Waals surface area contributed by atoms with E-state index < -0.39 is 0 Å². The van der Waals surface area contributed by atoms with Crippen molar-refractivity contribution in [1.29, 1.82) is 0 Å². The minimum atomic E-state index is 0.216. The highest BCUT2D eigenvalue weighted by Crippen LogP contribution is 2.21. The molecule has 3 heteroatoms. The fourth-order valence-electron chi connectivity index (χ4n) is 0.997. The molecule has 0 heterocycles. The van der Waals surface area contributed by atoms with Gasteiger partial charge < -0.3 is 0 Å². The van der Waals surface area contributed by atoms with Crippen molar-refractivity contribution in [2.45, 2.75) is 13.8 Å². The quantitative estimate of drug-likeness (QED) is 0.496. The van der Waals surface area contributed by atoms with Gasteiger partial charge in [0.1, 0.15) is 5.69 Å². The second kappa shape index (κ2) is 3.26. The fourth-order valence-corrected chi connectivity index (χ4v) is 0.997. The Labute approximate surface area is 70.4 Å². The van der Waals surface area contributed by atoms with Gasteiger partial charge in [0.15, 0.2) is 6.29 Å². The van der Waals surface area contributed by atoms with Gasteiger partial charge in [-0.15, -0.1) is 4.91 Å². The number of hydrogen-bond acceptors (Lipinski definition) is 3. The first-order valence-electron chi connectivity index (χ1n) is 3.59. The molecule has 1 aromatic rings. The van der Waals surface area contributed by atoms with Gasteiger partial charge in [-0.05, 0) is 42.3 Å². The molecule has 0 spiro atoms. The molecule has 1 rings (SSSR count). The Morgan fingerprint density at radius 3 is 2.33 bits per heavy atom. The average Bonchev–Trinajstić information content (AvgIpc) is 2.09. The van der Waals surface area contributed by atoms with Crippen LogP contribution in [0.1, 0.15) is 21.5 Å². The summed E-state index contributed by atoms with van der Waals surface area (Å²) in [5, 5.41) is 2.76. The molecule has 0 amide bonds. The predicted molar refractivity (Wildman–Crippen MR) is 46.8 cm³/mol. The van der Waals surface area contributed by atoms with Crippen molar-refractivity contribution in [1.82, 2.24) is 0 Å². The van der Waals surface area contributed by atoms with Crippen LogP contribution in [0.4, 0.5) is 5.69 Å². The van der Waals surface area contributed by atoms with Crippen LogP contribution in [0.3, 0.4) is 0 Å². The molecular weight excluding hydrogens is 154 g/mol. The van der Waals surface area contributed by atoms with Gasteiger partial charge in [0.05, 0.1) is 0 Å². The van der Waals surface area contributed by atoms with Crippen molar-refractivity contribution < 1.29 is 4.79 Å². The molecule has 3 nitrogen and oxygen atoms in total. The van der Waals surface area contributed by atoms with Gasteiger partial charge in [0.25, 0.3) is 0 Å². The fraction of sp³-hybridized carbons (Fsp3) is 0.222. The zero-order chi connectivity index (χ0) is 9.14. The number of benzene rings is 1. The van der Waals surface area contributed by atoms with Crippen molar-refractivity contribution in [3.8, 4) is 0 Å². The summed E-state index contributed by atoms with van der Waals surface area (Å²) in [4.78, 5) is 20.7. The summed E-state index contributed by atoms with van der Waals surface area (Å²) in [6, 6.07) is 3.28. The zero-order valence-electron chi connectivity index (χ0n) is 7.00. The van der Waals surface area contributed by atoms with Crippen LogP contribution in [0.15, 0.2) is 17.3 Å². The van der Waals surface area contributed by atoms with Crippen LogP contribution in [0, 0.1) is 18.8 Å². The maximum Gasteiger partial charge on any atom is 0.152 e. The normalized spacial score (nSPS) is 9.50. The Bertz CT molecular complexity index is 299. The highest BCUT2D eigenvalue weighted by Gasteiger charge is 2.03. The van der Waals surface area contributed by atoms with E-state index in [0.29, 0.717) is 11.8 Å². The topological polar surface area (TPSA) is 46.5 Å². The lowest BCUT2D eigenvalue weighted by Crippen LogP contribution is -1.86. The van der Waals surface area contributed by atoms with Gasteiger partial charge in [0.2, 0.25) is 0 Å². The Hall–Kier alpha value is -1.51. The highest BCUT2D eigenvalue weighted by molar-refractivity contribution is 5.83. The SMILES string of the molecule is Cc1cc(C=O)c(N=O)cc1C. The number of nitroso groups, excluding NO2 is 1. The largest absolute Gasteiger partial charge is 0.298 e. The molecule has 0 atom stereocenters. The molecule has 62 valence electrons. The molecular formula is C9H9NO2. The molecule has 0 unspecified atom stereocenters. The summed E-state index contributed by atoms with van der Waals surface area (Å²) in [5.74, 6) is 0. The molecule has 0 saturated carbocycles. The lowest BCUT2D eigenvalue weighted by molar-refractivity contribution is 0.112. The van der Waals surface area contributed by atoms with Gasteiger partial charge >= 0.3 is 0 Å². The van der Waals surface area contributed by atoms with E-state index in [-0.39, 0.29) is 5.69 Å². The molecule has 1 aromatic carbocycles. The molecule has 0 aromatic heterocycles. The number of hydrogen-bond donors (Lipinski definition) is 0. The molecule has 0 radical (unpaired) electrons. The van der Waals surface area contributed by atoms with E-state index in [9.17, 15) is 9.70 Å². The zero-order valence-corrected chi connectivity index (χ0v) is 7.00. The van der Waals surface area contributed by atoms with E-state index in [4.69, 9.17) is 0 Å². The lowest BCUT2D eigenvalue weighted by Gasteiger charge is -2.01. The van der Waals surface area contributed by atoms with E-state index in [1.165, 1.54) is 0 Å². The molecule has 12 heavy (non-hydrogen) atoms. The molecule has 0 bridgehead atoms. The smallest absolute Gasteiger partial charge is 0.152 e. The minimum absolute atomic E-state index is 0.216. The van der Waals surface area contributed by atoms with Gasteiger partial charge in [-0.1, -0.05) is 0 Å². The molecule has 0 fully saturated rings. The second-order valence-corrected chi connectivity index (χ2v) is 2.70. The van der Waals surface area contributed by atoms with Crippen molar-refractivity contribution in [3.63, 3.8) is 0 Å². The molecule has 0 saturated heterocycles. The lowest BCUT2D eigenvalue weighted by atomic mass is 10.1. The van der Waals surface area contributed by atoms with Gasteiger partial charge in [-0.3, -0.25) is 4.79 Å². The van der Waals surface area contributed by atoms with Crippen LogP contribution in [0.25, 0.3) is 0 Å². The average molecular weight is 163 g/mol. The van der Waals surface area contributed by atoms with Crippen LogP contribution < -0.4 is 0 Å². The third kappa shape index (κ3) is 1.39. The standard InChI is InChI=1S/C9H9NO2/c1-6-3-8(5-11)9(10-12)4-7(6)2/h3-5H,1-2H3.